The van der Waals surface area contributed by atoms with Gasteiger partial charge in [0.1, 0.15) is 11.7 Å². The highest BCUT2D eigenvalue weighted by atomic mass is 127. The van der Waals surface area contributed by atoms with Gasteiger partial charge in [-0.1, -0.05) is 30.3 Å². The Kier molecular flexibility index (Phi) is 4.31. The van der Waals surface area contributed by atoms with Crippen molar-refractivity contribution in [2.45, 2.75) is 5.92 Å². The first kappa shape index (κ1) is 16.0. The van der Waals surface area contributed by atoms with E-state index in [0.717, 1.165) is 25.9 Å². The molecule has 0 saturated carbocycles. The zero-order valence-corrected chi connectivity index (χ0v) is 15.3. The summed E-state index contributed by atoms with van der Waals surface area (Å²) in [7, 11) is 0. The van der Waals surface area contributed by atoms with Gasteiger partial charge in [-0.15, -0.1) is 0 Å². The minimum Gasteiger partial charge on any atom is -0.310 e. The van der Waals surface area contributed by atoms with Crippen LogP contribution < -0.4 is 5.32 Å². The van der Waals surface area contributed by atoms with E-state index in [1.54, 1.807) is 12.4 Å². The normalized spacial score (nSPS) is 16.0. The topological polar surface area (TPSA) is 54.4 Å². The van der Waals surface area contributed by atoms with E-state index >= 15 is 0 Å². The predicted octanol–water partition coefficient (Wildman–Crippen LogP) is 4.79. The van der Waals surface area contributed by atoms with Gasteiger partial charge in [-0.25, -0.2) is 4.98 Å². The van der Waals surface area contributed by atoms with Crippen LogP contribution in [0.3, 0.4) is 0 Å². The number of aliphatic imine (C=N–C) groups is 1. The molecule has 0 fully saturated rings. The number of fused-ring (bicyclic) bond motifs is 1. The Hall–Kier alpha value is -2.54. The van der Waals surface area contributed by atoms with Gasteiger partial charge >= 0.3 is 0 Å². The van der Waals surface area contributed by atoms with Crippen LogP contribution in [-0.4, -0.2) is 17.1 Å². The number of hydrogen-bond donors (Lipinski definition) is 1. The van der Waals surface area contributed by atoms with Gasteiger partial charge in [-0.05, 0) is 58.5 Å². The number of hydrogen-bond acceptors (Lipinski definition) is 3. The van der Waals surface area contributed by atoms with Gasteiger partial charge < -0.3 is 5.32 Å². The van der Waals surface area contributed by atoms with Crippen molar-refractivity contribution in [3.05, 3.63) is 76.0 Å². The molecule has 2 heterocycles. The lowest BCUT2D eigenvalue weighted by Gasteiger charge is -2.06. The van der Waals surface area contributed by atoms with Crippen LogP contribution in [0.5, 0.6) is 0 Å². The van der Waals surface area contributed by atoms with Crippen LogP contribution in [0, 0.1) is 3.57 Å². The van der Waals surface area contributed by atoms with Crippen molar-refractivity contribution in [1.29, 1.82) is 0 Å². The summed E-state index contributed by atoms with van der Waals surface area (Å²) in [6, 6.07) is 19.9. The summed E-state index contributed by atoms with van der Waals surface area (Å²) in [6.07, 6.45) is 3.48. The molecule has 4 rings (SSSR count). The first-order valence-electron chi connectivity index (χ1n) is 7.87. The van der Waals surface area contributed by atoms with Crippen LogP contribution in [0.25, 0.3) is 11.1 Å². The average molecular weight is 439 g/mol. The van der Waals surface area contributed by atoms with Crippen LogP contribution in [0.1, 0.15) is 11.5 Å². The summed E-state index contributed by atoms with van der Waals surface area (Å²) < 4.78 is 1.15. The number of carbonyl (C=O) groups excluding carboxylic acids is 1. The van der Waals surface area contributed by atoms with Crippen LogP contribution in [0.15, 0.2) is 71.9 Å². The van der Waals surface area contributed by atoms with Crippen LogP contribution in [0.2, 0.25) is 0 Å². The molecule has 5 heteroatoms. The molecule has 0 bridgehead atoms. The number of halogens is 1. The van der Waals surface area contributed by atoms with Gasteiger partial charge in [0.05, 0.1) is 5.69 Å². The van der Waals surface area contributed by atoms with E-state index in [4.69, 9.17) is 0 Å². The second kappa shape index (κ2) is 6.76. The van der Waals surface area contributed by atoms with Crippen molar-refractivity contribution in [1.82, 2.24) is 4.98 Å². The fraction of sp³-hybridized carbons (Fsp3) is 0.0500. The summed E-state index contributed by atoms with van der Waals surface area (Å²) in [5, 5.41) is 2.83. The molecule has 1 aromatic heterocycles. The Morgan fingerprint density at radius 3 is 2.56 bits per heavy atom. The third-order valence-corrected chi connectivity index (χ3v) is 4.80. The van der Waals surface area contributed by atoms with E-state index in [1.165, 1.54) is 0 Å². The largest absolute Gasteiger partial charge is 0.310 e. The van der Waals surface area contributed by atoms with Crippen molar-refractivity contribution in [3.8, 4) is 11.1 Å². The number of nitrogens with one attached hydrogen (secondary N) is 1. The maximum Gasteiger partial charge on any atom is 0.238 e. The average Bonchev–Trinajstić information content (AvgIpc) is 2.96. The standard InChI is InChI=1S/C20H14IN3O/c21-15-6-8-16(9-7-15)22-12-18-17-10-14(13-4-2-1-3-5-13)11-23-19(17)24-20(18)25/h1-12,18H,(H,23,24,25). The Bertz CT molecular complexity index is 952. The number of amides is 1. The van der Waals surface area contributed by atoms with Gasteiger partial charge in [0.2, 0.25) is 5.91 Å². The van der Waals surface area contributed by atoms with Crippen molar-refractivity contribution < 1.29 is 4.79 Å². The molecule has 0 saturated heterocycles. The highest BCUT2D eigenvalue weighted by Gasteiger charge is 2.30. The van der Waals surface area contributed by atoms with E-state index in [1.807, 2.05) is 60.7 Å². The maximum absolute atomic E-state index is 12.3. The molecule has 0 aliphatic carbocycles. The smallest absolute Gasteiger partial charge is 0.238 e. The summed E-state index contributed by atoms with van der Waals surface area (Å²) >= 11 is 2.25. The number of rotatable bonds is 3. The quantitative estimate of drug-likeness (QED) is 0.471. The van der Waals surface area contributed by atoms with Crippen molar-refractivity contribution >= 4 is 46.2 Å². The van der Waals surface area contributed by atoms with E-state index in [-0.39, 0.29) is 5.91 Å². The number of benzene rings is 2. The highest BCUT2D eigenvalue weighted by molar-refractivity contribution is 14.1. The molecule has 0 spiro atoms. The highest BCUT2D eigenvalue weighted by Crippen LogP contribution is 2.33. The summed E-state index contributed by atoms with van der Waals surface area (Å²) in [5.74, 6) is 0.0937. The van der Waals surface area contributed by atoms with E-state index in [0.29, 0.717) is 5.82 Å². The molecule has 1 amide bonds. The molecule has 3 aromatic rings. The van der Waals surface area contributed by atoms with Crippen LogP contribution >= 0.6 is 22.6 Å². The number of aromatic nitrogens is 1. The first-order chi connectivity index (χ1) is 12.2. The lowest BCUT2D eigenvalue weighted by atomic mass is 9.99. The minimum atomic E-state index is -0.426. The van der Waals surface area contributed by atoms with E-state index in [2.05, 4.69) is 37.9 Å². The number of nitrogens with zero attached hydrogens (tertiary/aromatic N) is 2. The van der Waals surface area contributed by atoms with Crippen LogP contribution in [0.4, 0.5) is 11.5 Å². The number of pyridine rings is 1. The SMILES string of the molecule is O=C1Nc2ncc(-c3ccccc3)cc2C1C=Nc1ccc(I)cc1. The molecule has 1 aliphatic heterocycles. The zero-order valence-electron chi connectivity index (χ0n) is 13.2. The Labute approximate surface area is 159 Å². The van der Waals surface area contributed by atoms with Crippen molar-refractivity contribution in [2.24, 2.45) is 4.99 Å². The van der Waals surface area contributed by atoms with Gasteiger partial charge in [-0.2, -0.15) is 0 Å². The van der Waals surface area contributed by atoms with Crippen molar-refractivity contribution in [3.63, 3.8) is 0 Å². The molecular formula is C20H14IN3O. The fourth-order valence-corrected chi connectivity index (χ4v) is 3.14. The molecule has 1 unspecified atom stereocenters. The predicted molar refractivity (Wildman–Crippen MR) is 108 cm³/mol. The van der Waals surface area contributed by atoms with Gasteiger partial charge in [0, 0.05) is 27.1 Å². The number of anilines is 1. The van der Waals surface area contributed by atoms with Gasteiger partial charge in [-0.3, -0.25) is 9.79 Å². The van der Waals surface area contributed by atoms with Crippen LogP contribution in [-0.2, 0) is 4.79 Å². The number of carbonyl (C=O) groups is 1. The lowest BCUT2D eigenvalue weighted by Crippen LogP contribution is -2.12. The maximum atomic E-state index is 12.3. The third kappa shape index (κ3) is 3.32. The second-order valence-corrected chi connectivity index (χ2v) is 6.99. The molecule has 25 heavy (non-hydrogen) atoms. The Balaban J connectivity index is 1.67. The van der Waals surface area contributed by atoms with Crippen molar-refractivity contribution in [2.75, 3.05) is 5.32 Å². The monoisotopic (exact) mass is 439 g/mol. The lowest BCUT2D eigenvalue weighted by molar-refractivity contribution is -0.115. The Morgan fingerprint density at radius 1 is 1.04 bits per heavy atom. The summed E-state index contributed by atoms with van der Waals surface area (Å²) in [6.45, 7) is 0. The molecule has 2 aromatic carbocycles. The Morgan fingerprint density at radius 2 is 1.80 bits per heavy atom. The van der Waals surface area contributed by atoms with Gasteiger partial charge in [0.15, 0.2) is 0 Å². The molecule has 0 radical (unpaired) electrons. The molecule has 1 aliphatic rings. The zero-order chi connectivity index (χ0) is 17.2. The molecular weight excluding hydrogens is 425 g/mol. The molecule has 1 N–H and O–H groups in total. The summed E-state index contributed by atoms with van der Waals surface area (Å²) in [4.78, 5) is 21.2. The molecule has 1 atom stereocenters. The van der Waals surface area contributed by atoms with E-state index < -0.39 is 5.92 Å². The minimum absolute atomic E-state index is 0.0954. The first-order valence-corrected chi connectivity index (χ1v) is 8.94. The third-order valence-electron chi connectivity index (χ3n) is 4.08. The fourth-order valence-electron chi connectivity index (χ4n) is 2.78. The summed E-state index contributed by atoms with van der Waals surface area (Å²) in [5.41, 5.74) is 3.75. The molecule has 122 valence electrons. The van der Waals surface area contributed by atoms with Gasteiger partial charge in [0.25, 0.3) is 0 Å². The van der Waals surface area contributed by atoms with E-state index in [9.17, 15) is 4.79 Å². The molecule has 4 nitrogen and oxygen atoms in total. The second-order valence-electron chi connectivity index (χ2n) is 5.75.